The van der Waals surface area contributed by atoms with E-state index in [1.54, 1.807) is 6.26 Å². The molecule has 2 aromatic heterocycles. The van der Waals surface area contributed by atoms with Gasteiger partial charge in [-0.05, 0) is 44.7 Å². The Morgan fingerprint density at radius 2 is 2.28 bits per heavy atom. The molecule has 2 aromatic rings. The minimum absolute atomic E-state index is 0.0297. The van der Waals surface area contributed by atoms with Gasteiger partial charge in [-0.25, -0.2) is 9.78 Å². The zero-order chi connectivity index (χ0) is 17.5. The molecule has 0 unspecified atom stereocenters. The van der Waals surface area contributed by atoms with Crippen LogP contribution in [-0.4, -0.2) is 33.6 Å². The van der Waals surface area contributed by atoms with E-state index in [-0.39, 0.29) is 12.1 Å². The number of unbranched alkanes of at least 4 members (excludes halogenated alkanes) is 1. The highest BCUT2D eigenvalue weighted by molar-refractivity contribution is 5.74. The Morgan fingerprint density at radius 3 is 3.04 bits per heavy atom. The molecule has 0 radical (unpaired) electrons. The molecule has 0 spiro atoms. The van der Waals surface area contributed by atoms with Crippen molar-refractivity contribution in [2.75, 3.05) is 13.1 Å². The number of carbonyl (C=O) groups is 1. The maximum Gasteiger partial charge on any atom is 0.318 e. The Balaban J connectivity index is 1.46. The Bertz CT molecular complexity index is 650. The van der Waals surface area contributed by atoms with E-state index in [2.05, 4.69) is 14.9 Å². The Kier molecular flexibility index (Phi) is 6.14. The number of carbonyl (C=O) groups excluding carboxylic acids is 1. The molecule has 0 aliphatic carbocycles. The predicted octanol–water partition coefficient (Wildman–Crippen LogP) is 3.89. The van der Waals surface area contributed by atoms with Crippen molar-refractivity contribution in [3.63, 3.8) is 0 Å². The first kappa shape index (κ1) is 17.6. The highest BCUT2D eigenvalue weighted by Gasteiger charge is 2.28. The van der Waals surface area contributed by atoms with Gasteiger partial charge in [0.15, 0.2) is 0 Å². The standard InChI is InChI=1S/C19H28N4O2/c1-16-20-11-14-22(16)12-6-4-10-21-19(24)23-13-5-2-3-8-17(23)18-9-7-15-25-18/h7,9,11,14-15,17H,2-6,8,10,12-13H2,1H3,(H,21,24)/t17-/m0/s1. The summed E-state index contributed by atoms with van der Waals surface area (Å²) in [5, 5.41) is 3.09. The molecule has 0 bridgehead atoms. The van der Waals surface area contributed by atoms with Gasteiger partial charge in [-0.2, -0.15) is 0 Å². The van der Waals surface area contributed by atoms with Crippen molar-refractivity contribution in [3.8, 4) is 0 Å². The van der Waals surface area contributed by atoms with E-state index in [1.165, 1.54) is 6.42 Å². The second kappa shape index (κ2) is 8.74. The molecule has 1 aliphatic heterocycles. The molecular weight excluding hydrogens is 316 g/mol. The molecule has 1 saturated heterocycles. The molecule has 2 amide bonds. The number of likely N-dealkylation sites (tertiary alicyclic amines) is 1. The molecule has 0 aromatic carbocycles. The van der Waals surface area contributed by atoms with Gasteiger partial charge >= 0.3 is 6.03 Å². The van der Waals surface area contributed by atoms with Gasteiger partial charge in [0.1, 0.15) is 11.6 Å². The molecule has 25 heavy (non-hydrogen) atoms. The number of urea groups is 1. The van der Waals surface area contributed by atoms with E-state index < -0.39 is 0 Å². The van der Waals surface area contributed by atoms with Gasteiger partial charge in [0.05, 0.1) is 12.3 Å². The fraction of sp³-hybridized carbons (Fsp3) is 0.579. The zero-order valence-electron chi connectivity index (χ0n) is 15.0. The summed E-state index contributed by atoms with van der Waals surface area (Å²) in [5.41, 5.74) is 0. The van der Waals surface area contributed by atoms with E-state index in [0.717, 1.165) is 56.8 Å². The van der Waals surface area contributed by atoms with E-state index >= 15 is 0 Å². The van der Waals surface area contributed by atoms with Crippen LogP contribution in [0.15, 0.2) is 35.2 Å². The molecule has 3 heterocycles. The average Bonchev–Trinajstić information content (AvgIpc) is 3.21. The number of hydrogen-bond donors (Lipinski definition) is 1. The van der Waals surface area contributed by atoms with Crippen LogP contribution >= 0.6 is 0 Å². The van der Waals surface area contributed by atoms with Crippen LogP contribution in [0.1, 0.15) is 56.2 Å². The van der Waals surface area contributed by atoms with Crippen LogP contribution in [0.3, 0.4) is 0 Å². The predicted molar refractivity (Wildman–Crippen MR) is 96.2 cm³/mol. The number of imidazole rings is 1. The summed E-state index contributed by atoms with van der Waals surface area (Å²) < 4.78 is 7.72. The number of nitrogens with zero attached hydrogens (tertiary/aromatic N) is 3. The zero-order valence-corrected chi connectivity index (χ0v) is 15.0. The molecule has 6 nitrogen and oxygen atoms in total. The average molecular weight is 344 g/mol. The molecule has 0 saturated carbocycles. The van der Waals surface area contributed by atoms with Crippen LogP contribution in [0.2, 0.25) is 0 Å². The summed E-state index contributed by atoms with van der Waals surface area (Å²) in [6.07, 6.45) is 11.8. The third kappa shape index (κ3) is 4.65. The largest absolute Gasteiger partial charge is 0.467 e. The van der Waals surface area contributed by atoms with Crippen molar-refractivity contribution >= 4 is 6.03 Å². The monoisotopic (exact) mass is 344 g/mol. The topological polar surface area (TPSA) is 63.3 Å². The normalized spacial score (nSPS) is 18.1. The van der Waals surface area contributed by atoms with E-state index in [1.807, 2.05) is 36.4 Å². The molecule has 3 rings (SSSR count). The fourth-order valence-electron chi connectivity index (χ4n) is 3.47. The fourth-order valence-corrected chi connectivity index (χ4v) is 3.47. The first-order valence-electron chi connectivity index (χ1n) is 9.31. The van der Waals surface area contributed by atoms with Gasteiger partial charge in [-0.15, -0.1) is 0 Å². The first-order chi connectivity index (χ1) is 12.3. The smallest absolute Gasteiger partial charge is 0.318 e. The van der Waals surface area contributed by atoms with Crippen molar-refractivity contribution in [1.29, 1.82) is 0 Å². The quantitative estimate of drug-likeness (QED) is 0.809. The lowest BCUT2D eigenvalue weighted by Crippen LogP contribution is -2.42. The number of hydrogen-bond acceptors (Lipinski definition) is 3. The highest BCUT2D eigenvalue weighted by atomic mass is 16.3. The minimum Gasteiger partial charge on any atom is -0.467 e. The van der Waals surface area contributed by atoms with Crippen LogP contribution in [0.25, 0.3) is 0 Å². The van der Waals surface area contributed by atoms with E-state index in [0.29, 0.717) is 6.54 Å². The highest BCUT2D eigenvalue weighted by Crippen LogP contribution is 2.30. The van der Waals surface area contributed by atoms with Crippen LogP contribution < -0.4 is 5.32 Å². The summed E-state index contributed by atoms with van der Waals surface area (Å²) in [6.45, 7) is 4.45. The number of aryl methyl sites for hydroxylation is 2. The van der Waals surface area contributed by atoms with Gasteiger partial charge in [0.2, 0.25) is 0 Å². The third-order valence-corrected chi connectivity index (χ3v) is 4.91. The molecule has 6 heteroatoms. The maximum absolute atomic E-state index is 12.7. The van der Waals surface area contributed by atoms with Crippen LogP contribution in [-0.2, 0) is 6.54 Å². The number of nitrogens with one attached hydrogen (secondary N) is 1. The van der Waals surface area contributed by atoms with Gasteiger partial charge in [-0.1, -0.05) is 12.8 Å². The van der Waals surface area contributed by atoms with E-state index in [4.69, 9.17) is 4.42 Å². The van der Waals surface area contributed by atoms with Crippen LogP contribution in [0.4, 0.5) is 4.79 Å². The minimum atomic E-state index is 0.0297. The molecule has 1 N–H and O–H groups in total. The van der Waals surface area contributed by atoms with Crippen molar-refractivity contribution in [2.24, 2.45) is 0 Å². The lowest BCUT2D eigenvalue weighted by atomic mass is 10.1. The summed E-state index contributed by atoms with van der Waals surface area (Å²) in [6, 6.07) is 3.96. The molecule has 1 fully saturated rings. The number of furan rings is 1. The third-order valence-electron chi connectivity index (χ3n) is 4.91. The SMILES string of the molecule is Cc1nccn1CCCCNC(=O)N1CCCCC[C@H]1c1ccco1. The Morgan fingerprint density at radius 1 is 1.36 bits per heavy atom. The van der Waals surface area contributed by atoms with Gasteiger partial charge in [-0.3, -0.25) is 0 Å². The summed E-state index contributed by atoms with van der Waals surface area (Å²) >= 11 is 0. The lowest BCUT2D eigenvalue weighted by Gasteiger charge is -2.28. The van der Waals surface area contributed by atoms with Crippen molar-refractivity contribution < 1.29 is 9.21 Å². The van der Waals surface area contributed by atoms with Crippen molar-refractivity contribution in [2.45, 2.75) is 58.0 Å². The second-order valence-electron chi connectivity index (χ2n) is 6.68. The van der Waals surface area contributed by atoms with Crippen LogP contribution in [0, 0.1) is 6.92 Å². The Hall–Kier alpha value is -2.24. The summed E-state index contributed by atoms with van der Waals surface area (Å²) in [5.74, 6) is 1.93. The maximum atomic E-state index is 12.7. The van der Waals surface area contributed by atoms with Gasteiger partial charge < -0.3 is 19.2 Å². The summed E-state index contributed by atoms with van der Waals surface area (Å²) in [4.78, 5) is 18.8. The second-order valence-corrected chi connectivity index (χ2v) is 6.68. The van der Waals surface area contributed by atoms with E-state index in [9.17, 15) is 4.79 Å². The van der Waals surface area contributed by atoms with Crippen LogP contribution in [0.5, 0.6) is 0 Å². The Labute approximate surface area is 149 Å². The summed E-state index contributed by atoms with van der Waals surface area (Å²) in [7, 11) is 0. The number of amides is 2. The molecule has 1 atom stereocenters. The molecule has 136 valence electrons. The lowest BCUT2D eigenvalue weighted by molar-refractivity contribution is 0.166. The van der Waals surface area contributed by atoms with Gasteiger partial charge in [0.25, 0.3) is 0 Å². The molecular formula is C19H28N4O2. The molecule has 1 aliphatic rings. The first-order valence-corrected chi connectivity index (χ1v) is 9.31. The van der Waals surface area contributed by atoms with Crippen molar-refractivity contribution in [1.82, 2.24) is 19.8 Å². The number of aromatic nitrogens is 2. The van der Waals surface area contributed by atoms with Crippen molar-refractivity contribution in [3.05, 3.63) is 42.4 Å². The van der Waals surface area contributed by atoms with Gasteiger partial charge in [0, 0.05) is 32.0 Å². The number of rotatable bonds is 6.